The number of allylic oxidation sites excluding steroid dienone is 1. The molecule has 0 bridgehead atoms. The molecule has 124 valence electrons. The van der Waals surface area contributed by atoms with Crippen molar-refractivity contribution in [3.05, 3.63) is 69.5 Å². The maximum atomic E-state index is 5.48. The fraction of sp³-hybridized carbons (Fsp3) is 0.300. The predicted octanol–water partition coefficient (Wildman–Crippen LogP) is 5.00. The maximum absolute atomic E-state index is 5.48. The molecule has 0 amide bonds. The Morgan fingerprint density at radius 1 is 1.25 bits per heavy atom. The number of benzene rings is 1. The predicted molar refractivity (Wildman–Crippen MR) is 103 cm³/mol. The summed E-state index contributed by atoms with van der Waals surface area (Å²) < 4.78 is 6.47. The van der Waals surface area contributed by atoms with E-state index in [-0.39, 0.29) is 6.10 Å². The molecule has 1 aromatic carbocycles. The Hall–Kier alpha value is -1.78. The van der Waals surface area contributed by atoms with Crippen LogP contribution in [-0.4, -0.2) is 24.9 Å². The Balaban J connectivity index is 2.05. The summed E-state index contributed by atoms with van der Waals surface area (Å²) in [5.41, 5.74) is 5.78. The Morgan fingerprint density at radius 3 is 2.71 bits per heavy atom. The van der Waals surface area contributed by atoms with Crippen molar-refractivity contribution < 1.29 is 4.74 Å². The van der Waals surface area contributed by atoms with Crippen LogP contribution >= 0.6 is 15.9 Å². The molecule has 0 N–H and O–H groups in total. The van der Waals surface area contributed by atoms with Crippen molar-refractivity contribution in [3.8, 4) is 0 Å². The standard InChI is InChI=1S/C20H21BrN2O/c1-14(24-2)20-18(21)13-17(16-8-10-22-11-9-16)19(23-20)12-15-6-4-3-5-7-15/h3-8,11,13-14H,9-10,12H2,1-2H3/t14-/m0/s1. The van der Waals surface area contributed by atoms with E-state index in [1.165, 1.54) is 16.7 Å². The maximum Gasteiger partial charge on any atom is 0.0974 e. The molecule has 0 unspecified atom stereocenters. The highest BCUT2D eigenvalue weighted by Gasteiger charge is 2.18. The van der Waals surface area contributed by atoms with Crippen molar-refractivity contribution >= 4 is 27.7 Å². The first-order valence-electron chi connectivity index (χ1n) is 8.12. The highest BCUT2D eigenvalue weighted by molar-refractivity contribution is 9.10. The van der Waals surface area contributed by atoms with Crippen LogP contribution in [0.4, 0.5) is 0 Å². The molecule has 1 aromatic heterocycles. The van der Waals surface area contributed by atoms with Gasteiger partial charge in [-0.15, -0.1) is 0 Å². The van der Waals surface area contributed by atoms with Crippen molar-refractivity contribution in [2.45, 2.75) is 25.9 Å². The minimum absolute atomic E-state index is 0.0511. The average molecular weight is 385 g/mol. The summed E-state index contributed by atoms with van der Waals surface area (Å²) in [6.45, 7) is 2.76. The average Bonchev–Trinajstić information content (AvgIpc) is 2.64. The first-order chi connectivity index (χ1) is 11.7. The van der Waals surface area contributed by atoms with Crippen LogP contribution in [0.2, 0.25) is 0 Å². The summed E-state index contributed by atoms with van der Waals surface area (Å²) >= 11 is 3.67. The molecule has 0 saturated heterocycles. The lowest BCUT2D eigenvalue weighted by atomic mass is 9.95. The van der Waals surface area contributed by atoms with Crippen LogP contribution < -0.4 is 0 Å². The van der Waals surface area contributed by atoms with E-state index in [1.807, 2.05) is 19.2 Å². The lowest BCUT2D eigenvalue weighted by molar-refractivity contribution is 0.115. The monoisotopic (exact) mass is 384 g/mol. The third-order valence-electron chi connectivity index (χ3n) is 4.26. The van der Waals surface area contributed by atoms with Gasteiger partial charge in [-0.25, -0.2) is 0 Å². The number of aliphatic imine (C=N–C) groups is 1. The number of hydrogen-bond donors (Lipinski definition) is 0. The second kappa shape index (κ2) is 7.86. The molecule has 0 spiro atoms. The largest absolute Gasteiger partial charge is 0.375 e. The van der Waals surface area contributed by atoms with Gasteiger partial charge >= 0.3 is 0 Å². The number of halogens is 1. The molecule has 1 aliphatic rings. The van der Waals surface area contributed by atoms with E-state index in [9.17, 15) is 0 Å². The van der Waals surface area contributed by atoms with Crippen LogP contribution in [0.1, 0.15) is 42.0 Å². The van der Waals surface area contributed by atoms with Gasteiger partial charge in [-0.3, -0.25) is 9.98 Å². The highest BCUT2D eigenvalue weighted by Crippen LogP contribution is 2.31. The topological polar surface area (TPSA) is 34.5 Å². The van der Waals surface area contributed by atoms with Gasteiger partial charge in [0, 0.05) is 36.2 Å². The van der Waals surface area contributed by atoms with E-state index >= 15 is 0 Å². The zero-order chi connectivity index (χ0) is 16.9. The number of hydrogen-bond acceptors (Lipinski definition) is 3. The van der Waals surface area contributed by atoms with Gasteiger partial charge in [-0.1, -0.05) is 36.4 Å². The van der Waals surface area contributed by atoms with Gasteiger partial charge in [0.15, 0.2) is 0 Å². The van der Waals surface area contributed by atoms with Crippen molar-refractivity contribution in [2.75, 3.05) is 13.7 Å². The summed E-state index contributed by atoms with van der Waals surface area (Å²) in [6, 6.07) is 12.6. The molecule has 0 fully saturated rings. The van der Waals surface area contributed by atoms with Gasteiger partial charge in [0.25, 0.3) is 0 Å². The van der Waals surface area contributed by atoms with Crippen LogP contribution in [0.25, 0.3) is 5.57 Å². The third-order valence-corrected chi connectivity index (χ3v) is 4.90. The summed E-state index contributed by atoms with van der Waals surface area (Å²) in [4.78, 5) is 9.25. The minimum atomic E-state index is -0.0511. The molecule has 0 radical (unpaired) electrons. The second-order valence-electron chi connectivity index (χ2n) is 5.87. The van der Waals surface area contributed by atoms with E-state index in [0.29, 0.717) is 0 Å². The van der Waals surface area contributed by atoms with Crippen LogP contribution in [0.3, 0.4) is 0 Å². The van der Waals surface area contributed by atoms with Gasteiger partial charge in [0.2, 0.25) is 0 Å². The van der Waals surface area contributed by atoms with E-state index in [0.717, 1.165) is 35.2 Å². The number of nitrogens with zero attached hydrogens (tertiary/aromatic N) is 2. The summed E-state index contributed by atoms with van der Waals surface area (Å²) in [7, 11) is 1.71. The quantitative estimate of drug-likeness (QED) is 0.726. The van der Waals surface area contributed by atoms with Crippen molar-refractivity contribution in [1.82, 2.24) is 4.98 Å². The molecular weight excluding hydrogens is 364 g/mol. The molecule has 4 heteroatoms. The Kier molecular flexibility index (Phi) is 5.59. The summed E-state index contributed by atoms with van der Waals surface area (Å²) in [5.74, 6) is 0. The van der Waals surface area contributed by atoms with E-state index in [2.05, 4.69) is 57.3 Å². The molecule has 0 aliphatic carbocycles. The minimum Gasteiger partial charge on any atom is -0.375 e. The van der Waals surface area contributed by atoms with Gasteiger partial charge in [-0.05, 0) is 40.1 Å². The molecule has 2 heterocycles. The number of rotatable bonds is 5. The van der Waals surface area contributed by atoms with Crippen LogP contribution in [0.5, 0.6) is 0 Å². The molecule has 2 aromatic rings. The third kappa shape index (κ3) is 3.82. The van der Waals surface area contributed by atoms with Crippen LogP contribution in [0.15, 0.2) is 51.9 Å². The zero-order valence-electron chi connectivity index (χ0n) is 14.0. The highest BCUT2D eigenvalue weighted by atomic mass is 79.9. The smallest absolute Gasteiger partial charge is 0.0974 e. The Bertz CT molecular complexity index is 769. The number of ether oxygens (including phenoxy) is 1. The van der Waals surface area contributed by atoms with Gasteiger partial charge < -0.3 is 4.74 Å². The van der Waals surface area contributed by atoms with Gasteiger partial charge in [-0.2, -0.15) is 0 Å². The molecule has 24 heavy (non-hydrogen) atoms. The van der Waals surface area contributed by atoms with E-state index in [1.54, 1.807) is 7.11 Å². The van der Waals surface area contributed by atoms with Crippen LogP contribution in [0, 0.1) is 0 Å². The lowest BCUT2D eigenvalue weighted by Crippen LogP contribution is -2.08. The summed E-state index contributed by atoms with van der Waals surface area (Å²) in [5, 5.41) is 0. The molecule has 3 rings (SSSR count). The van der Waals surface area contributed by atoms with Gasteiger partial charge in [0.1, 0.15) is 0 Å². The Morgan fingerprint density at radius 2 is 2.04 bits per heavy atom. The summed E-state index contributed by atoms with van der Waals surface area (Å²) in [6.07, 6.45) is 5.79. The molecular formula is C20H21BrN2O. The number of methoxy groups -OCH3 is 1. The van der Waals surface area contributed by atoms with Crippen LogP contribution in [-0.2, 0) is 11.2 Å². The van der Waals surface area contributed by atoms with E-state index < -0.39 is 0 Å². The zero-order valence-corrected chi connectivity index (χ0v) is 15.6. The molecule has 3 nitrogen and oxygen atoms in total. The van der Waals surface area contributed by atoms with Gasteiger partial charge in [0.05, 0.1) is 24.0 Å². The lowest BCUT2D eigenvalue weighted by Gasteiger charge is -2.18. The molecule has 0 saturated carbocycles. The fourth-order valence-electron chi connectivity index (χ4n) is 2.85. The SMILES string of the molecule is CO[C@@H](C)c1nc(Cc2ccccc2)c(C2=CCN=CC2)cc1Br. The van der Waals surface area contributed by atoms with Crippen molar-refractivity contribution in [3.63, 3.8) is 0 Å². The number of pyridine rings is 1. The molecule has 1 aliphatic heterocycles. The Labute approximate surface area is 151 Å². The number of dihydropyridines is 1. The first kappa shape index (κ1) is 17.1. The number of aromatic nitrogens is 1. The first-order valence-corrected chi connectivity index (χ1v) is 8.92. The normalized spacial score (nSPS) is 15.2. The van der Waals surface area contributed by atoms with Crippen molar-refractivity contribution in [1.29, 1.82) is 0 Å². The molecule has 1 atom stereocenters. The second-order valence-corrected chi connectivity index (χ2v) is 6.73. The van der Waals surface area contributed by atoms with Crippen molar-refractivity contribution in [2.24, 2.45) is 4.99 Å². The van der Waals surface area contributed by atoms with E-state index in [4.69, 9.17) is 9.72 Å². The fourth-order valence-corrected chi connectivity index (χ4v) is 3.49.